The molecule has 1 aliphatic heterocycles. The number of hydrogen-bond donors (Lipinski definition) is 2. The highest BCUT2D eigenvalue weighted by atomic mass is 16.4. The number of urea groups is 1. The molecule has 98 valence electrons. The maximum Gasteiger partial charge on any atom is 0.325 e. The minimum Gasteiger partial charge on any atom is -0.480 e. The normalized spacial score (nSPS) is 18.8. The molecule has 0 aromatic heterocycles. The molecule has 0 unspecified atom stereocenters. The molecular formula is C11H21N3O3. The van der Waals surface area contributed by atoms with Gasteiger partial charge < -0.3 is 15.3 Å². The first-order valence-electron chi connectivity index (χ1n) is 6.05. The van der Waals surface area contributed by atoms with Crippen LogP contribution in [0.3, 0.4) is 0 Å². The molecule has 0 bridgehead atoms. The van der Waals surface area contributed by atoms with Gasteiger partial charge in [0, 0.05) is 26.2 Å². The van der Waals surface area contributed by atoms with Gasteiger partial charge in [-0.2, -0.15) is 0 Å². The second kappa shape index (κ2) is 6.44. The molecule has 2 amide bonds. The zero-order valence-electron chi connectivity index (χ0n) is 10.5. The van der Waals surface area contributed by atoms with Crippen LogP contribution in [-0.4, -0.2) is 65.7 Å². The zero-order chi connectivity index (χ0) is 12.8. The van der Waals surface area contributed by atoms with Gasteiger partial charge >= 0.3 is 12.0 Å². The Kier molecular flexibility index (Phi) is 5.21. The first-order valence-corrected chi connectivity index (χ1v) is 6.05. The van der Waals surface area contributed by atoms with Crippen LogP contribution in [0, 0.1) is 0 Å². The fraction of sp³-hybridized carbons (Fsp3) is 0.818. The third-order valence-electron chi connectivity index (χ3n) is 2.91. The van der Waals surface area contributed by atoms with Crippen LogP contribution < -0.4 is 5.32 Å². The summed E-state index contributed by atoms with van der Waals surface area (Å²) in [6.45, 7) is 7.71. The van der Waals surface area contributed by atoms with E-state index in [1.807, 2.05) is 0 Å². The zero-order valence-corrected chi connectivity index (χ0v) is 10.5. The van der Waals surface area contributed by atoms with Gasteiger partial charge in [-0.3, -0.25) is 9.69 Å². The number of carboxylic acid groups (broad SMARTS) is 1. The van der Waals surface area contributed by atoms with E-state index < -0.39 is 12.0 Å². The SMILES string of the molecule is CCCN1CCN(C(=O)N[C@@H](C)C(=O)O)CC1. The third kappa shape index (κ3) is 4.22. The number of nitrogens with zero attached hydrogens (tertiary/aromatic N) is 2. The summed E-state index contributed by atoms with van der Waals surface area (Å²) >= 11 is 0. The second-order valence-electron chi connectivity index (χ2n) is 4.34. The highest BCUT2D eigenvalue weighted by Crippen LogP contribution is 2.03. The average Bonchev–Trinajstić information content (AvgIpc) is 2.30. The summed E-state index contributed by atoms with van der Waals surface area (Å²) in [7, 11) is 0. The van der Waals surface area contributed by atoms with Gasteiger partial charge in [0.25, 0.3) is 0 Å². The Morgan fingerprint density at radius 1 is 1.29 bits per heavy atom. The number of hydrogen-bond acceptors (Lipinski definition) is 3. The van der Waals surface area contributed by atoms with Crippen molar-refractivity contribution in [3.63, 3.8) is 0 Å². The van der Waals surface area contributed by atoms with Crippen molar-refractivity contribution in [3.8, 4) is 0 Å². The van der Waals surface area contributed by atoms with Crippen molar-refractivity contribution in [2.75, 3.05) is 32.7 Å². The molecule has 1 rings (SSSR count). The molecule has 6 heteroatoms. The van der Waals surface area contributed by atoms with Crippen molar-refractivity contribution in [2.24, 2.45) is 0 Å². The molecule has 1 aliphatic rings. The van der Waals surface area contributed by atoms with Gasteiger partial charge in [0.2, 0.25) is 0 Å². The maximum atomic E-state index is 11.7. The Hall–Kier alpha value is -1.30. The molecule has 1 fully saturated rings. The van der Waals surface area contributed by atoms with E-state index in [1.165, 1.54) is 6.92 Å². The lowest BCUT2D eigenvalue weighted by atomic mass is 10.3. The highest BCUT2D eigenvalue weighted by molar-refractivity contribution is 5.82. The van der Waals surface area contributed by atoms with Gasteiger partial charge in [0.05, 0.1) is 0 Å². The Labute approximate surface area is 102 Å². The van der Waals surface area contributed by atoms with Crippen LogP contribution in [0.15, 0.2) is 0 Å². The smallest absolute Gasteiger partial charge is 0.325 e. The van der Waals surface area contributed by atoms with Crippen LogP contribution in [0.25, 0.3) is 0 Å². The number of carbonyl (C=O) groups is 2. The van der Waals surface area contributed by atoms with Crippen molar-refractivity contribution in [3.05, 3.63) is 0 Å². The third-order valence-corrected chi connectivity index (χ3v) is 2.91. The van der Waals surface area contributed by atoms with Crippen molar-refractivity contribution in [1.29, 1.82) is 0 Å². The predicted octanol–water partition coefficient (Wildman–Crippen LogP) is 0.197. The first-order chi connectivity index (χ1) is 8.04. The van der Waals surface area contributed by atoms with Gasteiger partial charge in [-0.15, -0.1) is 0 Å². The second-order valence-corrected chi connectivity index (χ2v) is 4.34. The molecule has 17 heavy (non-hydrogen) atoms. The van der Waals surface area contributed by atoms with Crippen LogP contribution in [0.2, 0.25) is 0 Å². The fourth-order valence-electron chi connectivity index (χ4n) is 1.83. The van der Waals surface area contributed by atoms with Crippen molar-refractivity contribution >= 4 is 12.0 Å². The Morgan fingerprint density at radius 3 is 2.35 bits per heavy atom. The monoisotopic (exact) mass is 243 g/mol. The van der Waals surface area contributed by atoms with Crippen molar-refractivity contribution in [2.45, 2.75) is 26.3 Å². The Balaban J connectivity index is 2.33. The van der Waals surface area contributed by atoms with E-state index in [0.717, 1.165) is 26.1 Å². The number of amides is 2. The Morgan fingerprint density at radius 2 is 1.88 bits per heavy atom. The molecule has 6 nitrogen and oxygen atoms in total. The standard InChI is InChI=1S/C11H21N3O3/c1-3-4-13-5-7-14(8-6-13)11(17)12-9(2)10(15)16/h9H,3-8H2,1-2H3,(H,12,17)(H,15,16)/t9-/m0/s1. The van der Waals surface area contributed by atoms with Crippen LogP contribution in [-0.2, 0) is 4.79 Å². The van der Waals surface area contributed by atoms with E-state index in [2.05, 4.69) is 17.1 Å². The van der Waals surface area contributed by atoms with E-state index in [0.29, 0.717) is 13.1 Å². The lowest BCUT2D eigenvalue weighted by Gasteiger charge is -2.34. The van der Waals surface area contributed by atoms with Crippen LogP contribution >= 0.6 is 0 Å². The van der Waals surface area contributed by atoms with Crippen LogP contribution in [0.5, 0.6) is 0 Å². The molecule has 0 radical (unpaired) electrons. The van der Waals surface area contributed by atoms with Crippen molar-refractivity contribution in [1.82, 2.24) is 15.1 Å². The number of rotatable bonds is 4. The van der Waals surface area contributed by atoms with Gasteiger partial charge in [-0.25, -0.2) is 4.79 Å². The lowest BCUT2D eigenvalue weighted by molar-refractivity contribution is -0.138. The van der Waals surface area contributed by atoms with Gasteiger partial charge in [-0.1, -0.05) is 6.92 Å². The van der Waals surface area contributed by atoms with E-state index in [4.69, 9.17) is 5.11 Å². The largest absolute Gasteiger partial charge is 0.480 e. The van der Waals surface area contributed by atoms with Crippen molar-refractivity contribution < 1.29 is 14.7 Å². The van der Waals surface area contributed by atoms with E-state index in [-0.39, 0.29) is 6.03 Å². The lowest BCUT2D eigenvalue weighted by Crippen LogP contribution is -2.54. The molecule has 2 N–H and O–H groups in total. The van der Waals surface area contributed by atoms with Gasteiger partial charge in [0.15, 0.2) is 0 Å². The molecule has 1 atom stereocenters. The van der Waals surface area contributed by atoms with E-state index in [9.17, 15) is 9.59 Å². The summed E-state index contributed by atoms with van der Waals surface area (Å²) in [5.74, 6) is -1.01. The summed E-state index contributed by atoms with van der Waals surface area (Å²) in [6, 6.07) is -1.12. The fourth-order valence-corrected chi connectivity index (χ4v) is 1.83. The summed E-state index contributed by atoms with van der Waals surface area (Å²) < 4.78 is 0. The summed E-state index contributed by atoms with van der Waals surface area (Å²) in [6.07, 6.45) is 1.11. The number of carboxylic acids is 1. The highest BCUT2D eigenvalue weighted by Gasteiger charge is 2.23. The van der Waals surface area contributed by atoms with Gasteiger partial charge in [-0.05, 0) is 19.9 Å². The number of aliphatic carboxylic acids is 1. The Bertz CT molecular complexity index is 275. The predicted molar refractivity (Wildman–Crippen MR) is 63.9 cm³/mol. The minimum absolute atomic E-state index is 0.281. The molecule has 0 spiro atoms. The van der Waals surface area contributed by atoms with E-state index >= 15 is 0 Å². The molecule has 0 aromatic rings. The van der Waals surface area contributed by atoms with E-state index in [1.54, 1.807) is 4.90 Å². The quantitative estimate of drug-likeness (QED) is 0.739. The molecule has 1 heterocycles. The minimum atomic E-state index is -1.01. The average molecular weight is 243 g/mol. The molecule has 1 saturated heterocycles. The summed E-state index contributed by atoms with van der Waals surface area (Å²) in [5, 5.41) is 11.2. The number of nitrogens with one attached hydrogen (secondary N) is 1. The van der Waals surface area contributed by atoms with Crippen LogP contribution in [0.1, 0.15) is 20.3 Å². The topological polar surface area (TPSA) is 72.9 Å². The number of piperazine rings is 1. The number of carbonyl (C=O) groups excluding carboxylic acids is 1. The first kappa shape index (κ1) is 13.8. The molecule has 0 aromatic carbocycles. The van der Waals surface area contributed by atoms with Crippen LogP contribution in [0.4, 0.5) is 4.79 Å². The molecular weight excluding hydrogens is 222 g/mol. The van der Waals surface area contributed by atoms with Gasteiger partial charge in [0.1, 0.15) is 6.04 Å². The maximum absolute atomic E-state index is 11.7. The summed E-state index contributed by atoms with van der Waals surface area (Å²) in [5.41, 5.74) is 0. The molecule has 0 saturated carbocycles. The summed E-state index contributed by atoms with van der Waals surface area (Å²) in [4.78, 5) is 26.3. The molecule has 0 aliphatic carbocycles.